The lowest BCUT2D eigenvalue weighted by molar-refractivity contribution is 0.235. The zero-order chi connectivity index (χ0) is 19.8. The Labute approximate surface area is 165 Å². The van der Waals surface area contributed by atoms with Crippen molar-refractivity contribution in [2.75, 3.05) is 13.7 Å². The summed E-state index contributed by atoms with van der Waals surface area (Å²) in [4.78, 5) is 0.254. The summed E-state index contributed by atoms with van der Waals surface area (Å²) >= 11 is 0. The first kappa shape index (κ1) is 18.7. The number of hydrogen-bond acceptors (Lipinski definition) is 4. The second-order valence-electron chi connectivity index (χ2n) is 7.29. The Balaban J connectivity index is 1.87. The smallest absolute Gasteiger partial charge is 0.243 e. The van der Waals surface area contributed by atoms with E-state index in [4.69, 9.17) is 4.74 Å². The maximum Gasteiger partial charge on any atom is 0.243 e. The SMILES string of the molecule is COc1ccc([C@@H]2N(S(=O)(=O)c3ccccc3)C[C@H]3C=CCC[C@@]32C#N)cc1. The topological polar surface area (TPSA) is 70.4 Å². The van der Waals surface area contributed by atoms with Gasteiger partial charge in [-0.05, 0) is 42.7 Å². The van der Waals surface area contributed by atoms with Crippen molar-refractivity contribution in [1.29, 1.82) is 5.26 Å². The van der Waals surface area contributed by atoms with Crippen LogP contribution in [-0.4, -0.2) is 26.4 Å². The van der Waals surface area contributed by atoms with Gasteiger partial charge in [-0.1, -0.05) is 42.5 Å². The van der Waals surface area contributed by atoms with Crippen LogP contribution in [0.15, 0.2) is 71.6 Å². The second-order valence-corrected chi connectivity index (χ2v) is 9.18. The molecular weight excluding hydrogens is 372 g/mol. The molecule has 0 bridgehead atoms. The van der Waals surface area contributed by atoms with Crippen LogP contribution in [0.1, 0.15) is 24.4 Å². The van der Waals surface area contributed by atoms with Gasteiger partial charge in [0.1, 0.15) is 5.75 Å². The van der Waals surface area contributed by atoms with E-state index in [2.05, 4.69) is 12.1 Å². The summed E-state index contributed by atoms with van der Waals surface area (Å²) in [6, 6.07) is 17.8. The van der Waals surface area contributed by atoms with E-state index in [1.165, 1.54) is 4.31 Å². The highest BCUT2D eigenvalue weighted by Crippen LogP contribution is 2.56. The lowest BCUT2D eigenvalue weighted by Gasteiger charge is -2.36. The van der Waals surface area contributed by atoms with Crippen molar-refractivity contribution >= 4 is 10.0 Å². The van der Waals surface area contributed by atoms with Gasteiger partial charge >= 0.3 is 0 Å². The highest BCUT2D eigenvalue weighted by atomic mass is 32.2. The van der Waals surface area contributed by atoms with Gasteiger partial charge in [-0.15, -0.1) is 0 Å². The molecule has 0 amide bonds. The first-order chi connectivity index (χ1) is 13.5. The Hall–Kier alpha value is -2.62. The second kappa shape index (κ2) is 7.08. The van der Waals surface area contributed by atoms with E-state index in [9.17, 15) is 13.7 Å². The predicted octanol–water partition coefficient (Wildman–Crippen LogP) is 3.92. The monoisotopic (exact) mass is 394 g/mol. The molecule has 0 spiro atoms. The number of benzene rings is 2. The van der Waals surface area contributed by atoms with Gasteiger partial charge in [0.15, 0.2) is 0 Å². The number of hydrogen-bond donors (Lipinski definition) is 0. The molecule has 1 saturated heterocycles. The third-order valence-corrected chi connectivity index (χ3v) is 7.74. The summed E-state index contributed by atoms with van der Waals surface area (Å²) < 4.78 is 33.8. The van der Waals surface area contributed by atoms with Crippen LogP contribution in [0.5, 0.6) is 5.75 Å². The number of methoxy groups -OCH3 is 1. The molecule has 4 rings (SSSR count). The van der Waals surface area contributed by atoms with Gasteiger partial charge in [-0.3, -0.25) is 0 Å². The maximum atomic E-state index is 13.5. The third kappa shape index (κ3) is 2.83. The maximum absolute atomic E-state index is 13.5. The molecule has 3 atom stereocenters. The minimum atomic E-state index is -3.74. The van der Waals surface area contributed by atoms with Gasteiger partial charge < -0.3 is 4.74 Å². The lowest BCUT2D eigenvalue weighted by atomic mass is 9.67. The Bertz CT molecular complexity index is 1030. The van der Waals surface area contributed by atoms with Crippen LogP contribution >= 0.6 is 0 Å². The largest absolute Gasteiger partial charge is 0.497 e. The molecule has 1 fully saturated rings. The van der Waals surface area contributed by atoms with Gasteiger partial charge in [-0.2, -0.15) is 9.57 Å². The van der Waals surface area contributed by atoms with Crippen LogP contribution < -0.4 is 4.74 Å². The number of sulfonamides is 1. The summed E-state index contributed by atoms with van der Waals surface area (Å²) in [5.41, 5.74) is 0.0465. The van der Waals surface area contributed by atoms with Crippen LogP contribution in [0, 0.1) is 22.7 Å². The van der Waals surface area contributed by atoms with Crippen molar-refractivity contribution < 1.29 is 13.2 Å². The zero-order valence-electron chi connectivity index (χ0n) is 15.7. The molecule has 1 aliphatic heterocycles. The van der Waals surface area contributed by atoms with Crippen molar-refractivity contribution in [3.8, 4) is 11.8 Å². The molecule has 5 nitrogen and oxygen atoms in total. The molecule has 0 aromatic heterocycles. The van der Waals surface area contributed by atoms with Crippen LogP contribution in [-0.2, 0) is 10.0 Å². The van der Waals surface area contributed by atoms with Crippen molar-refractivity contribution in [3.05, 3.63) is 72.3 Å². The first-order valence-corrected chi connectivity index (χ1v) is 10.8. The van der Waals surface area contributed by atoms with E-state index in [1.54, 1.807) is 37.4 Å². The molecule has 0 N–H and O–H groups in total. The van der Waals surface area contributed by atoms with Gasteiger partial charge in [0, 0.05) is 12.5 Å². The Kier molecular flexibility index (Phi) is 4.74. The summed E-state index contributed by atoms with van der Waals surface area (Å²) in [7, 11) is -2.15. The third-order valence-electron chi connectivity index (χ3n) is 5.90. The minimum absolute atomic E-state index is 0.128. The molecule has 28 heavy (non-hydrogen) atoms. The summed E-state index contributed by atoms with van der Waals surface area (Å²) in [5.74, 6) is 0.571. The molecule has 2 aromatic rings. The van der Waals surface area contributed by atoms with Gasteiger partial charge in [-0.25, -0.2) is 8.42 Å². The standard InChI is InChI=1S/C22H22N2O3S/c1-27-19-12-10-17(11-13-19)21-22(16-23)14-6-5-7-18(22)15-24(21)28(25,26)20-8-3-2-4-9-20/h2-5,7-13,18,21H,6,14-15H2,1H3/t18-,21+,22-/m1/s1. The zero-order valence-corrected chi connectivity index (χ0v) is 16.5. The summed E-state index contributed by atoms with van der Waals surface area (Å²) in [5, 5.41) is 10.2. The fourth-order valence-corrected chi connectivity index (χ4v) is 6.19. The average Bonchev–Trinajstić information content (AvgIpc) is 3.11. The Morgan fingerprint density at radius 1 is 1.14 bits per heavy atom. The first-order valence-electron chi connectivity index (χ1n) is 9.32. The Morgan fingerprint density at radius 3 is 2.50 bits per heavy atom. The van der Waals surface area contributed by atoms with Gasteiger partial charge in [0.25, 0.3) is 0 Å². The van der Waals surface area contributed by atoms with E-state index in [0.29, 0.717) is 18.7 Å². The van der Waals surface area contributed by atoms with Crippen molar-refractivity contribution in [3.63, 3.8) is 0 Å². The summed E-state index contributed by atoms with van der Waals surface area (Å²) in [6.45, 7) is 0.304. The normalized spacial score (nSPS) is 27.1. The fraction of sp³-hybridized carbons (Fsp3) is 0.318. The molecule has 0 radical (unpaired) electrons. The van der Waals surface area contributed by atoms with E-state index in [0.717, 1.165) is 12.0 Å². The van der Waals surface area contributed by atoms with E-state index in [-0.39, 0.29) is 10.8 Å². The number of rotatable bonds is 4. The van der Waals surface area contributed by atoms with Crippen molar-refractivity contribution in [2.24, 2.45) is 11.3 Å². The minimum Gasteiger partial charge on any atom is -0.497 e. The molecule has 144 valence electrons. The predicted molar refractivity (Wildman–Crippen MR) is 106 cm³/mol. The van der Waals surface area contributed by atoms with Gasteiger partial charge in [0.05, 0.1) is 29.5 Å². The molecule has 1 aliphatic carbocycles. The number of ether oxygens (including phenoxy) is 1. The molecule has 2 aliphatic rings. The number of allylic oxidation sites excluding steroid dienone is 1. The quantitative estimate of drug-likeness (QED) is 0.737. The molecule has 6 heteroatoms. The van der Waals surface area contributed by atoms with Gasteiger partial charge in [0.2, 0.25) is 10.0 Å². The summed E-state index contributed by atoms with van der Waals surface area (Å²) in [6.07, 6.45) is 5.49. The molecule has 0 saturated carbocycles. The van der Waals surface area contributed by atoms with Crippen LogP contribution in [0.2, 0.25) is 0 Å². The average molecular weight is 394 g/mol. The number of nitrogens with zero attached hydrogens (tertiary/aromatic N) is 2. The van der Waals surface area contributed by atoms with E-state index < -0.39 is 21.5 Å². The molecule has 1 heterocycles. The molecule has 2 aromatic carbocycles. The van der Waals surface area contributed by atoms with Crippen molar-refractivity contribution in [1.82, 2.24) is 4.31 Å². The van der Waals surface area contributed by atoms with E-state index in [1.807, 2.05) is 30.3 Å². The highest BCUT2D eigenvalue weighted by Gasteiger charge is 2.58. The molecular formula is C22H22N2O3S. The van der Waals surface area contributed by atoms with Crippen LogP contribution in [0.3, 0.4) is 0 Å². The number of nitriles is 1. The van der Waals surface area contributed by atoms with Crippen LogP contribution in [0.25, 0.3) is 0 Å². The fourth-order valence-electron chi connectivity index (χ4n) is 4.47. The van der Waals surface area contributed by atoms with Crippen LogP contribution in [0.4, 0.5) is 0 Å². The number of fused-ring (bicyclic) bond motifs is 1. The highest BCUT2D eigenvalue weighted by molar-refractivity contribution is 7.89. The lowest BCUT2D eigenvalue weighted by Crippen LogP contribution is -2.36. The van der Waals surface area contributed by atoms with E-state index >= 15 is 0 Å². The Morgan fingerprint density at radius 2 is 1.86 bits per heavy atom. The van der Waals surface area contributed by atoms with Crippen molar-refractivity contribution in [2.45, 2.75) is 23.8 Å². The molecule has 0 unspecified atom stereocenters.